The second kappa shape index (κ2) is 9.87. The highest BCUT2D eigenvalue weighted by molar-refractivity contribution is 6.07. The molecule has 3 heterocycles. The van der Waals surface area contributed by atoms with Crippen LogP contribution in [-0.4, -0.2) is 90.9 Å². The Labute approximate surface area is 196 Å². The molecular formula is C23H27F2N7O2. The third-order valence-electron chi connectivity index (χ3n) is 6.29. The normalized spacial score (nSPS) is 20.4. The van der Waals surface area contributed by atoms with Gasteiger partial charge in [-0.1, -0.05) is 0 Å². The number of hydrogen-bond donors (Lipinski definition) is 2. The van der Waals surface area contributed by atoms with Crippen molar-refractivity contribution in [1.82, 2.24) is 20.1 Å². The molecule has 1 aromatic carbocycles. The van der Waals surface area contributed by atoms with Crippen molar-refractivity contribution in [3.63, 3.8) is 0 Å². The summed E-state index contributed by atoms with van der Waals surface area (Å²) in [4.78, 5) is 35.0. The van der Waals surface area contributed by atoms with Gasteiger partial charge in [-0.15, -0.1) is 0 Å². The molecule has 2 aliphatic heterocycles. The lowest BCUT2D eigenvalue weighted by molar-refractivity contribution is -0.131. The maximum absolute atomic E-state index is 13.6. The summed E-state index contributed by atoms with van der Waals surface area (Å²) in [6.45, 7) is 3.67. The number of nitrogens with one attached hydrogen (secondary N) is 1. The van der Waals surface area contributed by atoms with Gasteiger partial charge < -0.3 is 20.9 Å². The Morgan fingerprint density at radius 1 is 1.24 bits per heavy atom. The van der Waals surface area contributed by atoms with Crippen LogP contribution in [0.1, 0.15) is 16.8 Å². The van der Waals surface area contributed by atoms with Gasteiger partial charge in [0, 0.05) is 63.0 Å². The first kappa shape index (κ1) is 23.8. The number of pyridine rings is 1. The van der Waals surface area contributed by atoms with Gasteiger partial charge in [0.05, 0.1) is 30.2 Å². The number of benzene rings is 1. The van der Waals surface area contributed by atoms with Crippen LogP contribution in [0.4, 0.5) is 14.5 Å². The van der Waals surface area contributed by atoms with E-state index in [1.54, 1.807) is 12.1 Å². The Morgan fingerprint density at radius 3 is 2.71 bits per heavy atom. The number of alkyl halides is 2. The molecule has 2 aromatic rings. The molecular weight excluding hydrogens is 444 g/mol. The Morgan fingerprint density at radius 2 is 2.00 bits per heavy atom. The number of piperazine rings is 1. The molecule has 34 heavy (non-hydrogen) atoms. The van der Waals surface area contributed by atoms with E-state index in [0.717, 1.165) is 43.3 Å². The van der Waals surface area contributed by atoms with Gasteiger partial charge in [0.15, 0.2) is 0 Å². The molecule has 2 saturated heterocycles. The molecule has 1 atom stereocenters. The van der Waals surface area contributed by atoms with Crippen molar-refractivity contribution in [1.29, 1.82) is 5.26 Å². The second-order valence-corrected chi connectivity index (χ2v) is 8.59. The fraction of sp³-hybridized carbons (Fsp3) is 0.478. The third kappa shape index (κ3) is 5.08. The zero-order valence-electron chi connectivity index (χ0n) is 18.7. The Hall–Kier alpha value is -3.36. The molecule has 2 aliphatic rings. The maximum atomic E-state index is 13.6. The van der Waals surface area contributed by atoms with Gasteiger partial charge in [-0.2, -0.15) is 5.26 Å². The van der Waals surface area contributed by atoms with E-state index in [1.807, 2.05) is 18.2 Å². The molecule has 1 aromatic heterocycles. The molecule has 180 valence electrons. The first-order valence-corrected chi connectivity index (χ1v) is 11.2. The molecule has 0 bridgehead atoms. The number of carbonyl (C=O) groups is 2. The van der Waals surface area contributed by atoms with Crippen LogP contribution in [-0.2, 0) is 4.79 Å². The molecule has 0 saturated carbocycles. The highest BCUT2D eigenvalue weighted by Crippen LogP contribution is 2.31. The van der Waals surface area contributed by atoms with E-state index in [2.05, 4.69) is 20.1 Å². The maximum Gasteiger partial charge on any atom is 0.268 e. The highest BCUT2D eigenvalue weighted by atomic mass is 19.3. The first-order valence-electron chi connectivity index (χ1n) is 11.2. The Balaban J connectivity index is 1.46. The molecule has 0 spiro atoms. The predicted molar refractivity (Wildman–Crippen MR) is 122 cm³/mol. The number of fused-ring (bicyclic) bond motifs is 1. The summed E-state index contributed by atoms with van der Waals surface area (Å²) in [7, 11) is 0. The van der Waals surface area contributed by atoms with Crippen LogP contribution in [0.15, 0.2) is 30.5 Å². The Kier molecular flexibility index (Phi) is 6.90. The monoisotopic (exact) mass is 471 g/mol. The summed E-state index contributed by atoms with van der Waals surface area (Å²) in [5, 5.41) is 12.2. The van der Waals surface area contributed by atoms with Crippen molar-refractivity contribution in [3.8, 4) is 6.07 Å². The third-order valence-corrected chi connectivity index (χ3v) is 6.29. The molecule has 4 rings (SSSR count). The summed E-state index contributed by atoms with van der Waals surface area (Å²) in [5.41, 5.74) is 7.58. The van der Waals surface area contributed by atoms with E-state index >= 15 is 0 Å². The van der Waals surface area contributed by atoms with Crippen LogP contribution in [0, 0.1) is 11.3 Å². The quantitative estimate of drug-likeness (QED) is 0.640. The first-order chi connectivity index (χ1) is 16.3. The van der Waals surface area contributed by atoms with Gasteiger partial charge in [-0.05, 0) is 24.3 Å². The van der Waals surface area contributed by atoms with Gasteiger partial charge in [0.2, 0.25) is 5.91 Å². The number of carbonyl (C=O) groups excluding carboxylic acids is 2. The molecule has 0 unspecified atom stereocenters. The molecule has 0 radical (unpaired) electrons. The van der Waals surface area contributed by atoms with Crippen LogP contribution in [0.5, 0.6) is 0 Å². The standard InChI is InChI=1S/C23H27F2N7O2/c24-23(25)12-17(13-27)32(15-23)21(33)14-29-22(34)18-3-5-28-20-2-1-16(11-19(18)20)31-9-7-30(6-4-26)8-10-31/h1-3,5,11,17H,4,6-10,12,14-15,26H2,(H,29,34)/t17-/m0/s1. The molecule has 11 heteroatoms. The molecule has 2 fully saturated rings. The van der Waals surface area contributed by atoms with Gasteiger partial charge >= 0.3 is 0 Å². The van der Waals surface area contributed by atoms with E-state index in [1.165, 1.54) is 6.20 Å². The van der Waals surface area contributed by atoms with Crippen molar-refractivity contribution in [2.75, 3.05) is 57.3 Å². The predicted octanol–water partition coefficient (Wildman–Crippen LogP) is 0.805. The number of nitrogens with two attached hydrogens (primary N) is 1. The SMILES string of the molecule is N#C[C@@H]1CC(F)(F)CN1C(=O)CNC(=O)c1ccnc2ccc(N3CCN(CCN)CC3)cc12. The number of halogens is 2. The smallest absolute Gasteiger partial charge is 0.268 e. The number of nitriles is 1. The van der Waals surface area contributed by atoms with Crippen molar-refractivity contribution in [2.45, 2.75) is 18.4 Å². The lowest BCUT2D eigenvalue weighted by Crippen LogP contribution is -2.47. The van der Waals surface area contributed by atoms with Crippen LogP contribution >= 0.6 is 0 Å². The molecule has 2 amide bonds. The molecule has 9 nitrogen and oxygen atoms in total. The van der Waals surface area contributed by atoms with Crippen LogP contribution in [0.2, 0.25) is 0 Å². The van der Waals surface area contributed by atoms with Crippen molar-refractivity contribution >= 4 is 28.4 Å². The summed E-state index contributed by atoms with van der Waals surface area (Å²) in [6.07, 6.45) is 0.818. The average molecular weight is 472 g/mol. The van der Waals surface area contributed by atoms with Gasteiger partial charge in [0.1, 0.15) is 6.04 Å². The highest BCUT2D eigenvalue weighted by Gasteiger charge is 2.47. The van der Waals surface area contributed by atoms with E-state index in [0.29, 0.717) is 23.0 Å². The summed E-state index contributed by atoms with van der Waals surface area (Å²) in [5.74, 6) is -4.33. The summed E-state index contributed by atoms with van der Waals surface area (Å²) < 4.78 is 27.3. The topological polar surface area (TPSA) is 119 Å². The van der Waals surface area contributed by atoms with Crippen LogP contribution in [0.25, 0.3) is 10.9 Å². The van der Waals surface area contributed by atoms with E-state index in [4.69, 9.17) is 11.0 Å². The fourth-order valence-electron chi connectivity index (χ4n) is 4.49. The van der Waals surface area contributed by atoms with Crippen molar-refractivity contribution in [2.24, 2.45) is 5.73 Å². The van der Waals surface area contributed by atoms with Gasteiger partial charge in [-0.3, -0.25) is 19.5 Å². The fourth-order valence-corrected chi connectivity index (χ4v) is 4.49. The average Bonchev–Trinajstić information content (AvgIpc) is 3.17. The lowest BCUT2D eigenvalue weighted by Gasteiger charge is -2.36. The van der Waals surface area contributed by atoms with E-state index in [9.17, 15) is 18.4 Å². The molecule has 3 N–H and O–H groups in total. The van der Waals surface area contributed by atoms with Gasteiger partial charge in [-0.25, -0.2) is 8.78 Å². The number of rotatable bonds is 6. The molecule has 0 aliphatic carbocycles. The van der Waals surface area contributed by atoms with Crippen LogP contribution in [0.3, 0.4) is 0 Å². The van der Waals surface area contributed by atoms with E-state index < -0.39 is 43.3 Å². The minimum Gasteiger partial charge on any atom is -0.369 e. The van der Waals surface area contributed by atoms with Crippen LogP contribution < -0.4 is 16.0 Å². The minimum atomic E-state index is -3.10. The lowest BCUT2D eigenvalue weighted by atomic mass is 10.1. The van der Waals surface area contributed by atoms with E-state index in [-0.39, 0.29) is 0 Å². The number of amides is 2. The number of aromatic nitrogens is 1. The largest absolute Gasteiger partial charge is 0.369 e. The summed E-state index contributed by atoms with van der Waals surface area (Å²) in [6, 6.07) is 7.82. The van der Waals surface area contributed by atoms with Gasteiger partial charge in [0.25, 0.3) is 11.8 Å². The number of nitrogens with zero attached hydrogens (tertiary/aromatic N) is 5. The summed E-state index contributed by atoms with van der Waals surface area (Å²) >= 11 is 0. The number of hydrogen-bond acceptors (Lipinski definition) is 7. The zero-order valence-corrected chi connectivity index (χ0v) is 18.7. The Bertz CT molecular complexity index is 1110. The minimum absolute atomic E-state index is 0.338. The zero-order chi connectivity index (χ0) is 24.3. The second-order valence-electron chi connectivity index (χ2n) is 8.59. The number of likely N-dealkylation sites (tertiary alicyclic amines) is 1. The number of anilines is 1. The van der Waals surface area contributed by atoms with Crippen molar-refractivity contribution < 1.29 is 18.4 Å². The van der Waals surface area contributed by atoms with Crippen molar-refractivity contribution in [3.05, 3.63) is 36.0 Å².